The highest BCUT2D eigenvalue weighted by molar-refractivity contribution is 7.98. The highest BCUT2D eigenvalue weighted by atomic mass is 32.2. The summed E-state index contributed by atoms with van der Waals surface area (Å²) in [5.41, 5.74) is 0.0606. The predicted molar refractivity (Wildman–Crippen MR) is 69.4 cm³/mol. The number of halogens is 1. The number of hydrogen-bond acceptors (Lipinski definition) is 3. The Labute approximate surface area is 104 Å². The van der Waals surface area contributed by atoms with Gasteiger partial charge in [-0.2, -0.15) is 11.8 Å². The molecule has 5 heteroatoms. The standard InChI is InChI=1S/C12H16FNO2S/c1-3-8(7-17-2)14-11-9(12(15)16)5-4-6-10(11)13/h4-6,8,14H,3,7H2,1-2H3,(H,15,16). The third-order valence-electron chi connectivity index (χ3n) is 2.45. The molecule has 1 aromatic rings. The maximum Gasteiger partial charge on any atom is 0.337 e. The molecule has 0 saturated heterocycles. The van der Waals surface area contributed by atoms with E-state index in [1.807, 2.05) is 13.2 Å². The van der Waals surface area contributed by atoms with E-state index in [1.165, 1.54) is 18.2 Å². The lowest BCUT2D eigenvalue weighted by molar-refractivity contribution is 0.0697. The van der Waals surface area contributed by atoms with Crippen molar-refractivity contribution in [2.45, 2.75) is 19.4 Å². The fraction of sp³-hybridized carbons (Fsp3) is 0.417. The first kappa shape index (κ1) is 13.8. The number of rotatable bonds is 6. The molecule has 0 aliphatic heterocycles. The summed E-state index contributed by atoms with van der Waals surface area (Å²) in [5, 5.41) is 12.0. The van der Waals surface area contributed by atoms with Gasteiger partial charge in [0.15, 0.2) is 0 Å². The van der Waals surface area contributed by atoms with Gasteiger partial charge in [0, 0.05) is 11.8 Å². The zero-order chi connectivity index (χ0) is 12.8. The van der Waals surface area contributed by atoms with Crippen LogP contribution in [0.2, 0.25) is 0 Å². The van der Waals surface area contributed by atoms with Crippen molar-refractivity contribution in [2.75, 3.05) is 17.3 Å². The van der Waals surface area contributed by atoms with Crippen LogP contribution in [0.1, 0.15) is 23.7 Å². The Morgan fingerprint density at radius 3 is 2.82 bits per heavy atom. The molecule has 3 nitrogen and oxygen atoms in total. The van der Waals surface area contributed by atoms with Crippen LogP contribution in [0.3, 0.4) is 0 Å². The number of thioether (sulfide) groups is 1. The van der Waals surface area contributed by atoms with Gasteiger partial charge in [-0.3, -0.25) is 0 Å². The fourth-order valence-corrected chi connectivity index (χ4v) is 2.24. The van der Waals surface area contributed by atoms with Crippen LogP contribution in [0.25, 0.3) is 0 Å². The molecule has 0 aromatic heterocycles. The lowest BCUT2D eigenvalue weighted by Gasteiger charge is -2.19. The van der Waals surface area contributed by atoms with Crippen molar-refractivity contribution < 1.29 is 14.3 Å². The van der Waals surface area contributed by atoms with E-state index in [4.69, 9.17) is 5.11 Å². The summed E-state index contributed by atoms with van der Waals surface area (Å²) in [4.78, 5) is 11.0. The van der Waals surface area contributed by atoms with E-state index in [-0.39, 0.29) is 17.3 Å². The Kier molecular flexibility index (Phi) is 5.28. The molecule has 1 unspecified atom stereocenters. The highest BCUT2D eigenvalue weighted by Gasteiger charge is 2.16. The van der Waals surface area contributed by atoms with Crippen LogP contribution < -0.4 is 5.32 Å². The van der Waals surface area contributed by atoms with E-state index in [1.54, 1.807) is 11.8 Å². The molecular formula is C12H16FNO2S. The lowest BCUT2D eigenvalue weighted by Crippen LogP contribution is -2.23. The van der Waals surface area contributed by atoms with Crippen LogP contribution in [0.15, 0.2) is 18.2 Å². The molecule has 0 aliphatic rings. The summed E-state index contributed by atoms with van der Waals surface area (Å²) in [6.45, 7) is 1.98. The molecule has 1 rings (SSSR count). The number of benzene rings is 1. The van der Waals surface area contributed by atoms with Gasteiger partial charge in [-0.15, -0.1) is 0 Å². The van der Waals surface area contributed by atoms with Gasteiger partial charge < -0.3 is 10.4 Å². The van der Waals surface area contributed by atoms with Crippen molar-refractivity contribution in [3.05, 3.63) is 29.6 Å². The molecule has 0 heterocycles. The first-order valence-corrected chi connectivity index (χ1v) is 6.76. The summed E-state index contributed by atoms with van der Waals surface area (Å²) < 4.78 is 13.6. The van der Waals surface area contributed by atoms with Gasteiger partial charge in [0.05, 0.1) is 11.3 Å². The molecule has 0 bridgehead atoms. The number of carboxylic acid groups (broad SMARTS) is 1. The molecule has 0 aliphatic carbocycles. The molecule has 1 aromatic carbocycles. The van der Waals surface area contributed by atoms with Crippen LogP contribution in [-0.4, -0.2) is 29.1 Å². The second-order valence-electron chi connectivity index (χ2n) is 3.67. The Hall–Kier alpha value is -1.23. The quantitative estimate of drug-likeness (QED) is 0.822. The van der Waals surface area contributed by atoms with Gasteiger partial charge in [-0.25, -0.2) is 9.18 Å². The van der Waals surface area contributed by atoms with Crippen molar-refractivity contribution in [3.8, 4) is 0 Å². The normalized spacial score (nSPS) is 12.2. The van der Waals surface area contributed by atoms with Crippen molar-refractivity contribution in [3.63, 3.8) is 0 Å². The Balaban J connectivity index is 2.99. The minimum Gasteiger partial charge on any atom is -0.478 e. The molecule has 0 saturated carbocycles. The van der Waals surface area contributed by atoms with E-state index in [2.05, 4.69) is 5.32 Å². The molecule has 0 amide bonds. The summed E-state index contributed by atoms with van der Waals surface area (Å²) in [7, 11) is 0. The number of anilines is 1. The van der Waals surface area contributed by atoms with Crippen molar-refractivity contribution in [1.82, 2.24) is 0 Å². The first-order chi connectivity index (χ1) is 8.10. The lowest BCUT2D eigenvalue weighted by atomic mass is 10.1. The summed E-state index contributed by atoms with van der Waals surface area (Å²) in [5.74, 6) is -0.834. The average molecular weight is 257 g/mol. The SMILES string of the molecule is CCC(CSC)Nc1c(F)cccc1C(=O)O. The van der Waals surface area contributed by atoms with Gasteiger partial charge in [0.2, 0.25) is 0 Å². The molecule has 0 spiro atoms. The van der Waals surface area contributed by atoms with Crippen LogP contribution in [0.5, 0.6) is 0 Å². The zero-order valence-corrected chi connectivity index (χ0v) is 10.7. The number of nitrogens with one attached hydrogen (secondary N) is 1. The molecule has 1 atom stereocenters. The first-order valence-electron chi connectivity index (χ1n) is 5.37. The van der Waals surface area contributed by atoms with Crippen LogP contribution in [0.4, 0.5) is 10.1 Å². The van der Waals surface area contributed by atoms with Crippen molar-refractivity contribution in [1.29, 1.82) is 0 Å². The smallest absolute Gasteiger partial charge is 0.337 e. The predicted octanol–water partition coefficient (Wildman–Crippen LogP) is 3.08. The second-order valence-corrected chi connectivity index (χ2v) is 4.58. The van der Waals surface area contributed by atoms with E-state index in [9.17, 15) is 9.18 Å². The summed E-state index contributed by atoms with van der Waals surface area (Å²) >= 11 is 1.64. The Morgan fingerprint density at radius 1 is 1.59 bits per heavy atom. The highest BCUT2D eigenvalue weighted by Crippen LogP contribution is 2.22. The number of hydrogen-bond donors (Lipinski definition) is 2. The maximum atomic E-state index is 13.6. The topological polar surface area (TPSA) is 49.3 Å². The van der Waals surface area contributed by atoms with E-state index in [0.717, 1.165) is 12.2 Å². The Morgan fingerprint density at radius 2 is 2.29 bits per heavy atom. The van der Waals surface area contributed by atoms with Gasteiger partial charge in [0.1, 0.15) is 5.82 Å². The second kappa shape index (κ2) is 6.49. The number of carboxylic acids is 1. The molecule has 94 valence electrons. The molecular weight excluding hydrogens is 241 g/mol. The minimum atomic E-state index is -1.12. The van der Waals surface area contributed by atoms with E-state index < -0.39 is 11.8 Å². The summed E-state index contributed by atoms with van der Waals surface area (Å²) in [6, 6.07) is 4.14. The monoisotopic (exact) mass is 257 g/mol. The van der Waals surface area contributed by atoms with Gasteiger partial charge in [0.25, 0.3) is 0 Å². The van der Waals surface area contributed by atoms with Gasteiger partial charge >= 0.3 is 5.97 Å². The molecule has 2 N–H and O–H groups in total. The number of para-hydroxylation sites is 1. The van der Waals surface area contributed by atoms with Crippen LogP contribution in [-0.2, 0) is 0 Å². The molecule has 0 fully saturated rings. The third-order valence-corrected chi connectivity index (χ3v) is 3.19. The molecule has 17 heavy (non-hydrogen) atoms. The van der Waals surface area contributed by atoms with Crippen molar-refractivity contribution >= 4 is 23.4 Å². The van der Waals surface area contributed by atoms with Gasteiger partial charge in [-0.1, -0.05) is 13.0 Å². The number of aromatic carboxylic acids is 1. The average Bonchev–Trinajstić information content (AvgIpc) is 2.30. The maximum absolute atomic E-state index is 13.6. The Bertz CT molecular complexity index is 398. The molecule has 0 radical (unpaired) electrons. The summed E-state index contributed by atoms with van der Waals surface area (Å²) in [6.07, 6.45) is 2.78. The van der Waals surface area contributed by atoms with E-state index >= 15 is 0 Å². The van der Waals surface area contributed by atoms with Gasteiger partial charge in [-0.05, 0) is 24.8 Å². The van der Waals surface area contributed by atoms with Crippen LogP contribution in [0, 0.1) is 5.82 Å². The fourth-order valence-electron chi connectivity index (χ4n) is 1.52. The largest absolute Gasteiger partial charge is 0.478 e. The third kappa shape index (κ3) is 3.63. The zero-order valence-electron chi connectivity index (χ0n) is 9.87. The van der Waals surface area contributed by atoms with E-state index in [0.29, 0.717) is 0 Å². The minimum absolute atomic E-state index is 0.0236. The van der Waals surface area contributed by atoms with Crippen LogP contribution >= 0.6 is 11.8 Å². The number of carbonyl (C=O) groups is 1. The van der Waals surface area contributed by atoms with Crippen molar-refractivity contribution in [2.24, 2.45) is 0 Å².